The SMILES string of the molecule is O=C1C(Cl)C(c2ccccc2Cl)N1c1ccccc1Nc1nc2ccccc2nc1Nc1ccccc1. The zero-order valence-corrected chi connectivity index (χ0v) is 21.0. The van der Waals surface area contributed by atoms with Crippen molar-refractivity contribution < 1.29 is 4.79 Å². The van der Waals surface area contributed by atoms with Crippen molar-refractivity contribution in [1.82, 2.24) is 9.97 Å². The van der Waals surface area contributed by atoms with Gasteiger partial charge in [0.05, 0.1) is 28.5 Å². The maximum Gasteiger partial charge on any atom is 0.248 e. The number of carbonyl (C=O) groups is 1. The van der Waals surface area contributed by atoms with Gasteiger partial charge < -0.3 is 10.6 Å². The minimum absolute atomic E-state index is 0.187. The summed E-state index contributed by atoms with van der Waals surface area (Å²) in [5.74, 6) is 0.903. The summed E-state index contributed by atoms with van der Waals surface area (Å²) in [6, 6.07) is 32.1. The van der Waals surface area contributed by atoms with Crippen molar-refractivity contribution in [1.29, 1.82) is 0 Å². The lowest BCUT2D eigenvalue weighted by Gasteiger charge is -2.45. The van der Waals surface area contributed by atoms with E-state index in [2.05, 4.69) is 10.6 Å². The smallest absolute Gasteiger partial charge is 0.248 e. The van der Waals surface area contributed by atoms with Crippen molar-refractivity contribution in [2.45, 2.75) is 11.4 Å². The predicted octanol–water partition coefficient (Wildman–Crippen LogP) is 7.47. The highest BCUT2D eigenvalue weighted by Crippen LogP contribution is 2.47. The molecule has 4 aromatic carbocycles. The molecule has 2 heterocycles. The Balaban J connectivity index is 1.41. The number of aromatic nitrogens is 2. The van der Waals surface area contributed by atoms with Crippen LogP contribution in [0.4, 0.5) is 28.7 Å². The Morgan fingerprint density at radius 1 is 0.703 bits per heavy atom. The average Bonchev–Trinajstić information content (AvgIpc) is 2.93. The van der Waals surface area contributed by atoms with Crippen molar-refractivity contribution in [2.24, 2.45) is 0 Å². The molecule has 8 heteroatoms. The maximum absolute atomic E-state index is 13.0. The van der Waals surface area contributed by atoms with Crippen molar-refractivity contribution in [2.75, 3.05) is 15.5 Å². The largest absolute Gasteiger partial charge is 0.337 e. The van der Waals surface area contributed by atoms with Crippen molar-refractivity contribution >= 4 is 68.8 Å². The van der Waals surface area contributed by atoms with Gasteiger partial charge in [-0.2, -0.15) is 0 Å². The second kappa shape index (κ2) is 9.73. The molecule has 1 amide bonds. The number of benzene rings is 4. The van der Waals surface area contributed by atoms with Crippen LogP contribution in [-0.2, 0) is 4.79 Å². The Bertz CT molecular complexity index is 1610. The van der Waals surface area contributed by atoms with E-state index < -0.39 is 11.4 Å². The monoisotopic (exact) mass is 525 g/mol. The second-order valence-electron chi connectivity index (χ2n) is 8.62. The Kier molecular flexibility index (Phi) is 6.12. The highest BCUT2D eigenvalue weighted by Gasteiger charge is 2.49. The highest BCUT2D eigenvalue weighted by atomic mass is 35.5. The third-order valence-corrected chi connectivity index (χ3v) is 7.05. The van der Waals surface area contributed by atoms with Gasteiger partial charge in [-0.1, -0.05) is 72.3 Å². The third kappa shape index (κ3) is 4.35. The molecule has 1 aromatic heterocycles. The number of carbonyl (C=O) groups excluding carboxylic acids is 1. The van der Waals surface area contributed by atoms with E-state index in [9.17, 15) is 4.79 Å². The zero-order chi connectivity index (χ0) is 25.4. The molecule has 1 aliphatic rings. The lowest BCUT2D eigenvalue weighted by atomic mass is 9.92. The minimum atomic E-state index is -0.705. The van der Waals surface area contributed by atoms with Gasteiger partial charge in [0, 0.05) is 10.7 Å². The number of alkyl halides is 1. The van der Waals surface area contributed by atoms with E-state index in [1.54, 1.807) is 11.0 Å². The quantitative estimate of drug-likeness (QED) is 0.178. The van der Waals surface area contributed by atoms with E-state index in [0.29, 0.717) is 28.0 Å². The number of anilines is 5. The predicted molar refractivity (Wildman–Crippen MR) is 150 cm³/mol. The number of β-lactam (4-membered cyclic amide) rings is 1. The lowest BCUT2D eigenvalue weighted by Crippen LogP contribution is -2.56. The van der Waals surface area contributed by atoms with E-state index in [-0.39, 0.29) is 5.91 Å². The molecule has 6 nitrogen and oxygen atoms in total. The molecule has 0 aliphatic carbocycles. The first-order valence-corrected chi connectivity index (χ1v) is 12.6. The zero-order valence-electron chi connectivity index (χ0n) is 19.5. The minimum Gasteiger partial charge on any atom is -0.337 e. The van der Waals surface area contributed by atoms with E-state index >= 15 is 0 Å². The van der Waals surface area contributed by atoms with Crippen LogP contribution in [0.15, 0.2) is 103 Å². The van der Waals surface area contributed by atoms with Gasteiger partial charge in [0.1, 0.15) is 5.38 Å². The lowest BCUT2D eigenvalue weighted by molar-refractivity contribution is -0.123. The van der Waals surface area contributed by atoms with Crippen LogP contribution < -0.4 is 15.5 Å². The summed E-state index contributed by atoms with van der Waals surface area (Å²) in [7, 11) is 0. The van der Waals surface area contributed by atoms with Crippen LogP contribution in [0.1, 0.15) is 11.6 Å². The van der Waals surface area contributed by atoms with Gasteiger partial charge in [-0.05, 0) is 48.0 Å². The second-order valence-corrected chi connectivity index (χ2v) is 9.50. The van der Waals surface area contributed by atoms with Crippen LogP contribution >= 0.6 is 23.2 Å². The first-order chi connectivity index (χ1) is 18.1. The molecule has 0 radical (unpaired) electrons. The van der Waals surface area contributed by atoms with E-state index in [4.69, 9.17) is 33.2 Å². The topological polar surface area (TPSA) is 70.2 Å². The van der Waals surface area contributed by atoms with Crippen molar-refractivity contribution in [3.8, 4) is 0 Å². The van der Waals surface area contributed by atoms with Crippen LogP contribution in [0.5, 0.6) is 0 Å². The number of para-hydroxylation sites is 5. The summed E-state index contributed by atoms with van der Waals surface area (Å²) < 4.78 is 0. The normalized spacial score (nSPS) is 16.9. The summed E-state index contributed by atoms with van der Waals surface area (Å²) in [5, 5.41) is 6.64. The fourth-order valence-electron chi connectivity index (χ4n) is 4.48. The van der Waals surface area contributed by atoms with E-state index in [1.165, 1.54) is 0 Å². The number of halogens is 2. The highest BCUT2D eigenvalue weighted by molar-refractivity contribution is 6.38. The Hall–Kier alpha value is -4.13. The molecule has 182 valence electrons. The molecule has 6 rings (SSSR count). The summed E-state index contributed by atoms with van der Waals surface area (Å²) in [6.07, 6.45) is 0. The molecule has 1 aliphatic heterocycles. The third-order valence-electron chi connectivity index (χ3n) is 6.28. The summed E-state index contributed by atoms with van der Waals surface area (Å²) in [4.78, 5) is 24.4. The molecule has 2 atom stereocenters. The molecule has 0 bridgehead atoms. The van der Waals surface area contributed by atoms with Crippen molar-refractivity contribution in [3.63, 3.8) is 0 Å². The van der Waals surface area contributed by atoms with Gasteiger partial charge in [0.25, 0.3) is 0 Å². The number of hydrogen-bond acceptors (Lipinski definition) is 5. The molecule has 0 saturated carbocycles. The molecule has 2 N–H and O–H groups in total. The van der Waals surface area contributed by atoms with Crippen LogP contribution in [-0.4, -0.2) is 21.3 Å². The van der Waals surface area contributed by atoms with Crippen LogP contribution in [0.3, 0.4) is 0 Å². The number of hydrogen-bond donors (Lipinski definition) is 2. The van der Waals surface area contributed by atoms with Gasteiger partial charge >= 0.3 is 0 Å². The first kappa shape index (κ1) is 23.3. The number of rotatable bonds is 6. The van der Waals surface area contributed by atoms with Gasteiger partial charge in [-0.15, -0.1) is 11.6 Å². The molecule has 37 heavy (non-hydrogen) atoms. The fourth-order valence-corrected chi connectivity index (χ4v) is 5.08. The Labute approximate surface area is 223 Å². The van der Waals surface area contributed by atoms with Gasteiger partial charge in [-0.3, -0.25) is 9.69 Å². The van der Waals surface area contributed by atoms with E-state index in [0.717, 1.165) is 22.3 Å². The number of nitrogens with zero attached hydrogens (tertiary/aromatic N) is 3. The molecule has 1 saturated heterocycles. The molecule has 1 fully saturated rings. The number of amides is 1. The number of nitrogens with one attached hydrogen (secondary N) is 2. The Morgan fingerprint density at radius 2 is 1.30 bits per heavy atom. The molecule has 0 spiro atoms. The standard InChI is InChI=1S/C29H21Cl2N5O/c30-20-13-5-4-12-19(20)26-25(31)29(37)36(26)24-17-9-8-16-23(24)35-28-27(32-18-10-2-1-3-11-18)33-21-14-6-7-15-22(21)34-28/h1-17,25-26H,(H,32,33)(H,34,35). The fraction of sp³-hybridized carbons (Fsp3) is 0.0690. The molecular formula is C29H21Cl2N5O. The van der Waals surface area contributed by atoms with Crippen LogP contribution in [0.2, 0.25) is 5.02 Å². The number of fused-ring (bicyclic) bond motifs is 1. The van der Waals surface area contributed by atoms with Crippen LogP contribution in [0.25, 0.3) is 11.0 Å². The van der Waals surface area contributed by atoms with Gasteiger partial charge in [0.2, 0.25) is 5.91 Å². The molecular weight excluding hydrogens is 505 g/mol. The van der Waals surface area contributed by atoms with E-state index in [1.807, 2.05) is 97.1 Å². The summed E-state index contributed by atoms with van der Waals surface area (Å²) in [6.45, 7) is 0. The van der Waals surface area contributed by atoms with Crippen molar-refractivity contribution in [3.05, 3.63) is 114 Å². The maximum atomic E-state index is 13.0. The Morgan fingerprint density at radius 3 is 2.03 bits per heavy atom. The van der Waals surface area contributed by atoms with Crippen LogP contribution in [0, 0.1) is 0 Å². The average molecular weight is 526 g/mol. The molecule has 5 aromatic rings. The van der Waals surface area contributed by atoms with Gasteiger partial charge in [0.15, 0.2) is 11.6 Å². The van der Waals surface area contributed by atoms with Gasteiger partial charge in [-0.25, -0.2) is 9.97 Å². The summed E-state index contributed by atoms with van der Waals surface area (Å²) in [5.41, 5.74) is 4.56. The summed E-state index contributed by atoms with van der Waals surface area (Å²) >= 11 is 13.0. The first-order valence-electron chi connectivity index (χ1n) is 11.8. The molecule has 2 unspecified atom stereocenters.